The molecule has 0 bridgehead atoms. The third-order valence-electron chi connectivity index (χ3n) is 6.34. The lowest BCUT2D eigenvalue weighted by Gasteiger charge is -2.26. The van der Waals surface area contributed by atoms with Gasteiger partial charge in [-0.25, -0.2) is 0 Å². The maximum Gasteiger partial charge on any atom is 0.269 e. The van der Waals surface area contributed by atoms with Gasteiger partial charge < -0.3 is 15.4 Å². The number of nitrogens with two attached hydrogens (primary N) is 1. The predicted molar refractivity (Wildman–Crippen MR) is 116 cm³/mol. The number of aromatic nitrogens is 2. The fourth-order valence-electron chi connectivity index (χ4n) is 4.72. The first-order valence-electron chi connectivity index (χ1n) is 10.5. The minimum atomic E-state index is -0.672. The molecule has 1 aromatic heterocycles. The van der Waals surface area contributed by atoms with Crippen LogP contribution in [0.3, 0.4) is 0 Å². The molecule has 0 saturated carbocycles. The molecule has 2 aromatic carbocycles. The number of benzene rings is 2. The number of ether oxygens (including phenoxy) is 1. The van der Waals surface area contributed by atoms with Crippen LogP contribution in [0, 0.1) is 0 Å². The summed E-state index contributed by atoms with van der Waals surface area (Å²) in [4.78, 5) is 27.1. The van der Waals surface area contributed by atoms with Crippen molar-refractivity contribution in [1.29, 1.82) is 0 Å². The molecule has 2 amide bonds. The van der Waals surface area contributed by atoms with E-state index in [4.69, 9.17) is 10.5 Å². The Labute approximate surface area is 180 Å². The summed E-state index contributed by atoms with van der Waals surface area (Å²) in [5, 5.41) is 4.55. The summed E-state index contributed by atoms with van der Waals surface area (Å²) in [6.45, 7) is 0.141. The van der Waals surface area contributed by atoms with Gasteiger partial charge in [0.05, 0.1) is 5.69 Å². The number of rotatable bonds is 3. The van der Waals surface area contributed by atoms with Crippen LogP contribution in [0.2, 0.25) is 0 Å². The fraction of sp³-hybridized carbons (Fsp3) is 0.292. The molecule has 1 unspecified atom stereocenters. The van der Waals surface area contributed by atoms with E-state index in [1.165, 1.54) is 5.56 Å². The Kier molecular flexibility index (Phi) is 4.73. The lowest BCUT2D eigenvalue weighted by atomic mass is 9.82. The maximum atomic E-state index is 13.4. The van der Waals surface area contributed by atoms with Gasteiger partial charge in [-0.1, -0.05) is 42.5 Å². The van der Waals surface area contributed by atoms with Crippen molar-refractivity contribution < 1.29 is 14.3 Å². The maximum absolute atomic E-state index is 13.4. The van der Waals surface area contributed by atoms with E-state index in [2.05, 4.69) is 17.2 Å². The molecule has 2 atom stereocenters. The summed E-state index contributed by atoms with van der Waals surface area (Å²) in [6, 6.07) is 17.1. The second-order valence-corrected chi connectivity index (χ2v) is 8.12. The van der Waals surface area contributed by atoms with E-state index in [9.17, 15) is 9.59 Å². The number of nitrogens with zero attached hydrogens (tertiary/aromatic N) is 3. The van der Waals surface area contributed by atoms with Crippen molar-refractivity contribution in [3.8, 4) is 5.75 Å². The van der Waals surface area contributed by atoms with Gasteiger partial charge in [-0.3, -0.25) is 14.3 Å². The molecule has 0 saturated heterocycles. The monoisotopic (exact) mass is 416 g/mol. The number of carbonyl (C=O) groups excluding carboxylic acids is 2. The summed E-state index contributed by atoms with van der Waals surface area (Å²) in [7, 11) is 1.74. The third-order valence-corrected chi connectivity index (χ3v) is 6.34. The molecule has 2 aliphatic rings. The smallest absolute Gasteiger partial charge is 0.269 e. The van der Waals surface area contributed by atoms with Crippen LogP contribution in [0.5, 0.6) is 5.75 Å². The van der Waals surface area contributed by atoms with Crippen molar-refractivity contribution in [2.75, 3.05) is 18.6 Å². The van der Waals surface area contributed by atoms with E-state index in [1.807, 2.05) is 42.5 Å². The highest BCUT2D eigenvalue weighted by Gasteiger charge is 2.37. The Morgan fingerprint density at radius 3 is 2.65 bits per heavy atom. The Bertz CT molecular complexity index is 1150. The second-order valence-electron chi connectivity index (χ2n) is 8.12. The summed E-state index contributed by atoms with van der Waals surface area (Å²) < 4.78 is 7.68. The summed E-state index contributed by atoms with van der Waals surface area (Å²) >= 11 is 0. The zero-order chi connectivity index (χ0) is 21.5. The predicted octanol–water partition coefficient (Wildman–Crippen LogP) is 2.85. The summed E-state index contributed by atoms with van der Waals surface area (Å²) in [6.07, 6.45) is 2.30. The number of anilines is 1. The third kappa shape index (κ3) is 3.26. The molecule has 158 valence electrons. The van der Waals surface area contributed by atoms with E-state index in [0.29, 0.717) is 30.2 Å². The molecule has 0 fully saturated rings. The van der Waals surface area contributed by atoms with Gasteiger partial charge in [0.2, 0.25) is 0 Å². The van der Waals surface area contributed by atoms with E-state index < -0.39 is 11.9 Å². The molecule has 3 aromatic rings. The minimum Gasteiger partial charge on any atom is -0.489 e. The molecule has 2 heterocycles. The van der Waals surface area contributed by atoms with Crippen molar-refractivity contribution in [3.05, 3.63) is 77.1 Å². The van der Waals surface area contributed by atoms with Gasteiger partial charge in [0.25, 0.3) is 11.8 Å². The zero-order valence-corrected chi connectivity index (χ0v) is 17.3. The highest BCUT2D eigenvalue weighted by atomic mass is 16.5. The number of para-hydroxylation sites is 2. The van der Waals surface area contributed by atoms with Crippen LogP contribution in [0.15, 0.2) is 54.6 Å². The first kappa shape index (κ1) is 19.4. The lowest BCUT2D eigenvalue weighted by molar-refractivity contribution is -0.122. The van der Waals surface area contributed by atoms with Gasteiger partial charge in [-0.05, 0) is 42.9 Å². The first-order valence-corrected chi connectivity index (χ1v) is 10.5. The standard InChI is InChI=1S/C24H24N4O3/c1-27-18-9-5-6-10-21(18)31-14-20(24(27)30)28-19-13-16(15-7-3-2-4-8-15)11-12-17(19)22(26-28)23(25)29/h2-10,16,20H,11-14H2,1H3,(H2,25,29)/t16?,20-/m0/s1. The quantitative estimate of drug-likeness (QED) is 0.711. The number of likely N-dealkylation sites (N-methyl/N-ethyl adjacent to an activating group) is 1. The minimum absolute atomic E-state index is 0.131. The number of amides is 2. The van der Waals surface area contributed by atoms with Crippen molar-refractivity contribution >= 4 is 17.5 Å². The van der Waals surface area contributed by atoms with E-state index >= 15 is 0 Å². The Hall–Kier alpha value is -3.61. The average molecular weight is 416 g/mol. The SMILES string of the molecule is CN1C(=O)[C@@H](n2nc(C(N)=O)c3c2CC(c2ccccc2)CC3)COc2ccccc21. The molecule has 2 N–H and O–H groups in total. The summed E-state index contributed by atoms with van der Waals surface area (Å²) in [5.74, 6) is 0.251. The number of primary amides is 1. The number of fused-ring (bicyclic) bond motifs is 2. The van der Waals surface area contributed by atoms with E-state index in [0.717, 1.165) is 17.7 Å². The molecule has 1 aliphatic heterocycles. The largest absolute Gasteiger partial charge is 0.489 e. The molecule has 5 rings (SSSR count). The Morgan fingerprint density at radius 1 is 1.13 bits per heavy atom. The van der Waals surface area contributed by atoms with Crippen LogP contribution < -0.4 is 15.4 Å². The van der Waals surface area contributed by atoms with Crippen molar-refractivity contribution in [3.63, 3.8) is 0 Å². The fourth-order valence-corrected chi connectivity index (χ4v) is 4.72. The molecule has 7 nitrogen and oxygen atoms in total. The van der Waals surface area contributed by atoms with Gasteiger partial charge in [0.15, 0.2) is 11.7 Å². The molecule has 31 heavy (non-hydrogen) atoms. The van der Waals surface area contributed by atoms with E-state index in [-0.39, 0.29) is 18.2 Å². The average Bonchev–Trinajstić information content (AvgIpc) is 3.13. The highest BCUT2D eigenvalue weighted by Crippen LogP contribution is 2.37. The first-order chi connectivity index (χ1) is 15.0. The normalized spacial score (nSPS) is 20.4. The van der Waals surface area contributed by atoms with Gasteiger partial charge in [-0.15, -0.1) is 0 Å². The topological polar surface area (TPSA) is 90.5 Å². The zero-order valence-electron chi connectivity index (χ0n) is 17.3. The van der Waals surface area contributed by atoms with Crippen LogP contribution in [-0.4, -0.2) is 35.2 Å². The lowest BCUT2D eigenvalue weighted by Crippen LogP contribution is -2.37. The second kappa shape index (κ2) is 7.58. The summed E-state index contributed by atoms with van der Waals surface area (Å²) in [5.41, 5.74) is 9.63. The van der Waals surface area contributed by atoms with Crippen LogP contribution in [0.4, 0.5) is 5.69 Å². The van der Waals surface area contributed by atoms with Gasteiger partial charge in [0, 0.05) is 18.3 Å². The Balaban J connectivity index is 1.56. The van der Waals surface area contributed by atoms with Crippen molar-refractivity contribution in [2.24, 2.45) is 5.73 Å². The van der Waals surface area contributed by atoms with Crippen LogP contribution in [-0.2, 0) is 17.6 Å². The molecule has 0 spiro atoms. The number of carbonyl (C=O) groups is 2. The highest BCUT2D eigenvalue weighted by molar-refractivity contribution is 5.98. The molecule has 7 heteroatoms. The van der Waals surface area contributed by atoms with Gasteiger partial charge in [-0.2, -0.15) is 5.10 Å². The van der Waals surface area contributed by atoms with Crippen molar-refractivity contribution in [1.82, 2.24) is 9.78 Å². The van der Waals surface area contributed by atoms with Crippen LogP contribution in [0.1, 0.15) is 45.7 Å². The van der Waals surface area contributed by atoms with Crippen LogP contribution >= 0.6 is 0 Å². The number of hydrogen-bond acceptors (Lipinski definition) is 4. The molecule has 0 radical (unpaired) electrons. The van der Waals surface area contributed by atoms with E-state index in [1.54, 1.807) is 16.6 Å². The van der Waals surface area contributed by atoms with Crippen molar-refractivity contribution in [2.45, 2.75) is 31.2 Å². The molecular formula is C24H24N4O3. The van der Waals surface area contributed by atoms with Gasteiger partial charge in [0.1, 0.15) is 12.4 Å². The Morgan fingerprint density at radius 2 is 1.87 bits per heavy atom. The molecular weight excluding hydrogens is 392 g/mol. The van der Waals surface area contributed by atoms with Gasteiger partial charge >= 0.3 is 0 Å². The number of hydrogen-bond donors (Lipinski definition) is 1. The van der Waals surface area contributed by atoms with Crippen LogP contribution in [0.25, 0.3) is 0 Å². The molecule has 1 aliphatic carbocycles.